The van der Waals surface area contributed by atoms with Crippen LogP contribution in [-0.2, 0) is 6.42 Å². The highest BCUT2D eigenvalue weighted by atomic mass is 32.2. The molecule has 1 heterocycles. The molecule has 1 nitrogen and oxygen atoms in total. The van der Waals surface area contributed by atoms with Gasteiger partial charge in [-0.2, -0.15) is 0 Å². The van der Waals surface area contributed by atoms with Crippen LogP contribution in [0.3, 0.4) is 0 Å². The Bertz CT molecular complexity index is 279. The quantitative estimate of drug-likeness (QED) is 0.633. The van der Waals surface area contributed by atoms with Crippen LogP contribution in [0, 0.1) is 0 Å². The lowest BCUT2D eigenvalue weighted by Gasteiger charge is -1.98. The van der Waals surface area contributed by atoms with Gasteiger partial charge in [0.05, 0.1) is 0 Å². The van der Waals surface area contributed by atoms with Crippen LogP contribution in [0.2, 0.25) is 0 Å². The van der Waals surface area contributed by atoms with Gasteiger partial charge in [-0.3, -0.25) is 0 Å². The SMILES string of the molecule is c1ccc(CC2=NSCC2)cc1. The van der Waals surface area contributed by atoms with Gasteiger partial charge in [-0.25, -0.2) is 4.40 Å². The van der Waals surface area contributed by atoms with E-state index in [9.17, 15) is 0 Å². The van der Waals surface area contributed by atoms with Crippen molar-refractivity contribution in [3.63, 3.8) is 0 Å². The fourth-order valence-corrected chi connectivity index (χ4v) is 2.05. The van der Waals surface area contributed by atoms with Crippen molar-refractivity contribution in [3.8, 4) is 0 Å². The van der Waals surface area contributed by atoms with Gasteiger partial charge in [-0.05, 0) is 23.9 Å². The van der Waals surface area contributed by atoms with E-state index in [1.165, 1.54) is 23.4 Å². The van der Waals surface area contributed by atoms with Crippen molar-refractivity contribution >= 4 is 17.7 Å². The zero-order valence-electron chi connectivity index (χ0n) is 6.86. The number of rotatable bonds is 2. The van der Waals surface area contributed by atoms with Crippen molar-refractivity contribution in [2.75, 3.05) is 5.75 Å². The van der Waals surface area contributed by atoms with Crippen molar-refractivity contribution in [2.24, 2.45) is 4.40 Å². The molecular formula is C10H11NS. The molecule has 2 rings (SSSR count). The molecule has 0 amide bonds. The molecule has 12 heavy (non-hydrogen) atoms. The molecule has 0 N–H and O–H groups in total. The fourth-order valence-electron chi connectivity index (χ4n) is 1.30. The third-order valence-electron chi connectivity index (χ3n) is 1.93. The number of benzene rings is 1. The van der Waals surface area contributed by atoms with Crippen molar-refractivity contribution < 1.29 is 0 Å². The first kappa shape index (κ1) is 7.87. The van der Waals surface area contributed by atoms with Crippen LogP contribution in [0.4, 0.5) is 0 Å². The fraction of sp³-hybridized carbons (Fsp3) is 0.300. The summed E-state index contributed by atoms with van der Waals surface area (Å²) in [5.74, 6) is 1.17. The Morgan fingerprint density at radius 2 is 2.08 bits per heavy atom. The maximum atomic E-state index is 4.36. The zero-order valence-corrected chi connectivity index (χ0v) is 7.68. The molecule has 0 fully saturated rings. The zero-order chi connectivity index (χ0) is 8.23. The summed E-state index contributed by atoms with van der Waals surface area (Å²) in [6.07, 6.45) is 2.20. The van der Waals surface area contributed by atoms with Gasteiger partial charge in [-0.1, -0.05) is 30.3 Å². The number of hydrogen-bond donors (Lipinski definition) is 0. The molecule has 1 aliphatic heterocycles. The van der Waals surface area contributed by atoms with Crippen molar-refractivity contribution in [1.29, 1.82) is 0 Å². The smallest absolute Gasteiger partial charge is 0.0315 e. The average Bonchev–Trinajstić information content (AvgIpc) is 2.59. The minimum Gasteiger partial charge on any atom is -0.225 e. The van der Waals surface area contributed by atoms with Crippen LogP contribution in [-0.4, -0.2) is 11.5 Å². The molecule has 62 valence electrons. The van der Waals surface area contributed by atoms with Crippen LogP contribution >= 0.6 is 11.9 Å². The monoisotopic (exact) mass is 177 g/mol. The predicted molar refractivity (Wildman–Crippen MR) is 54.7 cm³/mol. The third kappa shape index (κ3) is 1.89. The molecule has 0 aliphatic carbocycles. The second kappa shape index (κ2) is 3.76. The Morgan fingerprint density at radius 3 is 2.75 bits per heavy atom. The molecule has 1 aliphatic rings. The van der Waals surface area contributed by atoms with Crippen LogP contribution in [0.5, 0.6) is 0 Å². The van der Waals surface area contributed by atoms with Gasteiger partial charge < -0.3 is 0 Å². The Balaban J connectivity index is 2.04. The average molecular weight is 177 g/mol. The third-order valence-corrected chi connectivity index (χ3v) is 2.70. The van der Waals surface area contributed by atoms with E-state index in [1.54, 1.807) is 11.9 Å². The summed E-state index contributed by atoms with van der Waals surface area (Å²) in [7, 11) is 0. The van der Waals surface area contributed by atoms with Gasteiger partial charge in [0.25, 0.3) is 0 Å². The molecule has 0 spiro atoms. The Kier molecular flexibility index (Phi) is 2.47. The predicted octanol–water partition coefficient (Wildman–Crippen LogP) is 2.72. The summed E-state index contributed by atoms with van der Waals surface area (Å²) in [6, 6.07) is 10.5. The van der Waals surface area contributed by atoms with Gasteiger partial charge in [0.1, 0.15) is 0 Å². The minimum absolute atomic E-state index is 1.04. The molecule has 0 saturated carbocycles. The second-order valence-corrected chi connectivity index (χ2v) is 3.75. The summed E-state index contributed by atoms with van der Waals surface area (Å²) in [5, 5.41) is 0. The standard InChI is InChI=1S/C10H11NS/c1-2-4-9(5-3-1)8-10-6-7-12-11-10/h1-5H,6-8H2. The summed E-state index contributed by atoms with van der Waals surface area (Å²) < 4.78 is 4.36. The highest BCUT2D eigenvalue weighted by Crippen LogP contribution is 2.17. The molecule has 0 radical (unpaired) electrons. The largest absolute Gasteiger partial charge is 0.225 e. The van der Waals surface area contributed by atoms with Crippen molar-refractivity contribution in [1.82, 2.24) is 0 Å². The van der Waals surface area contributed by atoms with Gasteiger partial charge in [0.2, 0.25) is 0 Å². The molecule has 0 unspecified atom stereocenters. The van der Waals surface area contributed by atoms with Crippen LogP contribution in [0.25, 0.3) is 0 Å². The molecule has 0 aromatic heterocycles. The molecule has 1 aromatic rings. The molecule has 0 atom stereocenters. The van der Waals surface area contributed by atoms with Crippen molar-refractivity contribution in [3.05, 3.63) is 35.9 Å². The van der Waals surface area contributed by atoms with Gasteiger partial charge in [-0.15, -0.1) is 0 Å². The van der Waals surface area contributed by atoms with E-state index in [-0.39, 0.29) is 0 Å². The molecule has 0 saturated heterocycles. The first-order chi connectivity index (χ1) is 5.95. The molecular weight excluding hydrogens is 166 g/mol. The Hall–Kier alpha value is -0.760. The first-order valence-corrected chi connectivity index (χ1v) is 5.11. The number of nitrogens with zero attached hydrogens (tertiary/aromatic N) is 1. The van der Waals surface area contributed by atoms with E-state index < -0.39 is 0 Å². The van der Waals surface area contributed by atoms with E-state index in [4.69, 9.17) is 0 Å². The van der Waals surface area contributed by atoms with Crippen LogP contribution in [0.15, 0.2) is 34.7 Å². The summed E-state index contributed by atoms with van der Waals surface area (Å²) in [5.41, 5.74) is 2.71. The van der Waals surface area contributed by atoms with E-state index in [0.29, 0.717) is 0 Å². The maximum Gasteiger partial charge on any atom is 0.0315 e. The lowest BCUT2D eigenvalue weighted by atomic mass is 10.1. The van der Waals surface area contributed by atoms with E-state index >= 15 is 0 Å². The lowest BCUT2D eigenvalue weighted by Crippen LogP contribution is -1.99. The normalized spacial score (nSPS) is 16.2. The lowest BCUT2D eigenvalue weighted by molar-refractivity contribution is 1.23. The first-order valence-electron chi connectivity index (χ1n) is 4.17. The topological polar surface area (TPSA) is 12.4 Å². The second-order valence-electron chi connectivity index (χ2n) is 2.90. The van der Waals surface area contributed by atoms with E-state index in [2.05, 4.69) is 34.7 Å². The van der Waals surface area contributed by atoms with Gasteiger partial charge >= 0.3 is 0 Å². The van der Waals surface area contributed by atoms with E-state index in [1.807, 2.05) is 0 Å². The molecule has 1 aromatic carbocycles. The van der Waals surface area contributed by atoms with Crippen LogP contribution < -0.4 is 0 Å². The highest BCUT2D eigenvalue weighted by Gasteiger charge is 2.06. The van der Waals surface area contributed by atoms with Crippen molar-refractivity contribution in [2.45, 2.75) is 12.8 Å². The maximum absolute atomic E-state index is 4.36. The summed E-state index contributed by atoms with van der Waals surface area (Å²) in [6.45, 7) is 0. The van der Waals surface area contributed by atoms with Gasteiger partial charge in [0, 0.05) is 17.9 Å². The summed E-state index contributed by atoms with van der Waals surface area (Å²) >= 11 is 1.69. The summed E-state index contributed by atoms with van der Waals surface area (Å²) in [4.78, 5) is 0. The van der Waals surface area contributed by atoms with E-state index in [0.717, 1.165) is 6.42 Å². The number of hydrogen-bond acceptors (Lipinski definition) is 2. The Morgan fingerprint density at radius 1 is 1.25 bits per heavy atom. The Labute approximate surface area is 77.0 Å². The highest BCUT2D eigenvalue weighted by molar-refractivity contribution is 7.98. The van der Waals surface area contributed by atoms with Crippen LogP contribution in [0.1, 0.15) is 12.0 Å². The minimum atomic E-state index is 1.04. The molecule has 2 heteroatoms. The van der Waals surface area contributed by atoms with Gasteiger partial charge in [0.15, 0.2) is 0 Å². The molecule has 0 bridgehead atoms.